The molecule has 1 amide bonds. The summed E-state index contributed by atoms with van der Waals surface area (Å²) in [7, 11) is 0. The molecule has 2 aromatic heterocycles. The van der Waals surface area contributed by atoms with Crippen LogP contribution >= 0.6 is 0 Å². The number of alkyl carbamates (subject to hydrolysis) is 1. The fourth-order valence-electron chi connectivity index (χ4n) is 4.65. The van der Waals surface area contributed by atoms with E-state index in [1.165, 1.54) is 0 Å². The number of fused-ring (bicyclic) bond motifs is 1. The predicted molar refractivity (Wildman–Crippen MR) is 115 cm³/mol. The SMILES string of the molecule is Cc1cc(C#N)nc(N2CCC3(CC2)Cc2ncccc2[C@H]3NC(=O)OC(C)(C)C)n1. The van der Waals surface area contributed by atoms with E-state index in [-0.39, 0.29) is 11.5 Å². The van der Waals surface area contributed by atoms with Crippen LogP contribution in [-0.2, 0) is 11.2 Å². The molecule has 2 aromatic rings. The van der Waals surface area contributed by atoms with Gasteiger partial charge >= 0.3 is 6.09 Å². The van der Waals surface area contributed by atoms with Gasteiger partial charge in [-0.1, -0.05) is 6.07 Å². The van der Waals surface area contributed by atoms with E-state index in [2.05, 4.69) is 31.2 Å². The van der Waals surface area contributed by atoms with Crippen LogP contribution in [0.5, 0.6) is 0 Å². The molecule has 1 spiro atoms. The fraction of sp³-hybridized carbons (Fsp3) is 0.522. The van der Waals surface area contributed by atoms with Crippen LogP contribution in [0.3, 0.4) is 0 Å². The summed E-state index contributed by atoms with van der Waals surface area (Å²) in [6.07, 6.45) is 3.92. The molecule has 0 bridgehead atoms. The van der Waals surface area contributed by atoms with Gasteiger partial charge in [-0.15, -0.1) is 0 Å². The number of hydrogen-bond donors (Lipinski definition) is 1. The maximum absolute atomic E-state index is 12.6. The number of hydrogen-bond acceptors (Lipinski definition) is 7. The molecule has 1 fully saturated rings. The van der Waals surface area contributed by atoms with Crippen molar-refractivity contribution in [3.63, 3.8) is 0 Å². The van der Waals surface area contributed by atoms with E-state index in [1.54, 1.807) is 6.07 Å². The Hall–Kier alpha value is -3.21. The first-order chi connectivity index (χ1) is 14.7. The maximum Gasteiger partial charge on any atom is 0.408 e. The van der Waals surface area contributed by atoms with Crippen LogP contribution in [0.15, 0.2) is 24.4 Å². The third-order valence-electron chi connectivity index (χ3n) is 6.03. The van der Waals surface area contributed by atoms with Crippen molar-refractivity contribution in [2.24, 2.45) is 5.41 Å². The molecule has 0 unspecified atom stereocenters. The summed E-state index contributed by atoms with van der Waals surface area (Å²) >= 11 is 0. The molecule has 31 heavy (non-hydrogen) atoms. The van der Waals surface area contributed by atoms with Gasteiger partial charge in [-0.3, -0.25) is 4.98 Å². The summed E-state index contributed by atoms with van der Waals surface area (Å²) in [6.45, 7) is 8.95. The van der Waals surface area contributed by atoms with Crippen molar-refractivity contribution in [1.29, 1.82) is 5.26 Å². The molecule has 2 aliphatic rings. The molecule has 8 nitrogen and oxygen atoms in total. The van der Waals surface area contributed by atoms with Crippen molar-refractivity contribution in [3.8, 4) is 6.07 Å². The number of amides is 1. The molecule has 1 saturated heterocycles. The number of anilines is 1. The number of nitriles is 1. The third kappa shape index (κ3) is 4.31. The third-order valence-corrected chi connectivity index (χ3v) is 6.03. The van der Waals surface area contributed by atoms with Crippen LogP contribution in [0.2, 0.25) is 0 Å². The first-order valence-corrected chi connectivity index (χ1v) is 10.6. The zero-order valence-corrected chi connectivity index (χ0v) is 18.5. The molecule has 1 aliphatic carbocycles. The van der Waals surface area contributed by atoms with Gasteiger partial charge in [-0.25, -0.2) is 14.8 Å². The smallest absolute Gasteiger partial charge is 0.408 e. The van der Waals surface area contributed by atoms with Crippen molar-refractivity contribution in [2.75, 3.05) is 18.0 Å². The second kappa shape index (κ2) is 7.80. The van der Waals surface area contributed by atoms with Crippen molar-refractivity contribution < 1.29 is 9.53 Å². The average molecular weight is 421 g/mol. The van der Waals surface area contributed by atoms with Crippen molar-refractivity contribution in [3.05, 3.63) is 47.0 Å². The summed E-state index contributed by atoms with van der Waals surface area (Å²) in [5.41, 5.74) is 2.58. The summed E-state index contributed by atoms with van der Waals surface area (Å²) in [5.74, 6) is 0.594. The number of nitrogens with zero attached hydrogens (tertiary/aromatic N) is 5. The highest BCUT2D eigenvalue weighted by atomic mass is 16.6. The van der Waals surface area contributed by atoms with E-state index in [0.29, 0.717) is 11.6 Å². The first-order valence-electron chi connectivity index (χ1n) is 10.6. The van der Waals surface area contributed by atoms with Crippen LogP contribution in [-0.4, -0.2) is 39.7 Å². The van der Waals surface area contributed by atoms with Gasteiger partial charge in [0.25, 0.3) is 0 Å². The highest BCUT2D eigenvalue weighted by Gasteiger charge is 2.49. The van der Waals surface area contributed by atoms with E-state index >= 15 is 0 Å². The molecule has 0 saturated carbocycles. The van der Waals surface area contributed by atoms with Crippen LogP contribution in [0.4, 0.5) is 10.7 Å². The highest BCUT2D eigenvalue weighted by molar-refractivity contribution is 5.69. The van der Waals surface area contributed by atoms with Gasteiger partial charge in [-0.05, 0) is 64.7 Å². The number of aryl methyl sites for hydroxylation is 1. The van der Waals surface area contributed by atoms with Crippen molar-refractivity contribution in [1.82, 2.24) is 20.3 Å². The maximum atomic E-state index is 12.6. The summed E-state index contributed by atoms with van der Waals surface area (Å²) in [4.78, 5) is 28.3. The van der Waals surface area contributed by atoms with Gasteiger partial charge in [-0.2, -0.15) is 5.26 Å². The zero-order chi connectivity index (χ0) is 22.2. The molecule has 162 valence electrons. The molecule has 0 aromatic carbocycles. The quantitative estimate of drug-likeness (QED) is 0.793. The Morgan fingerprint density at radius 3 is 2.74 bits per heavy atom. The van der Waals surface area contributed by atoms with Gasteiger partial charge in [0, 0.05) is 36.1 Å². The number of piperidine rings is 1. The topological polar surface area (TPSA) is 104 Å². The molecule has 1 atom stereocenters. The Morgan fingerprint density at radius 1 is 1.32 bits per heavy atom. The molecule has 4 rings (SSSR count). The Morgan fingerprint density at radius 2 is 2.06 bits per heavy atom. The fourth-order valence-corrected chi connectivity index (χ4v) is 4.65. The van der Waals surface area contributed by atoms with Crippen LogP contribution in [0, 0.1) is 23.7 Å². The normalized spacial score (nSPS) is 19.6. The molecule has 8 heteroatoms. The van der Waals surface area contributed by atoms with E-state index in [1.807, 2.05) is 46.0 Å². The second-order valence-corrected chi connectivity index (χ2v) is 9.45. The Kier molecular flexibility index (Phi) is 5.29. The largest absolute Gasteiger partial charge is 0.444 e. The first kappa shape index (κ1) is 21.0. The molecule has 0 radical (unpaired) electrons. The Balaban J connectivity index is 1.56. The number of nitrogens with one attached hydrogen (secondary N) is 1. The lowest BCUT2D eigenvalue weighted by Crippen LogP contribution is -2.48. The average Bonchev–Trinajstić information content (AvgIpc) is 2.99. The van der Waals surface area contributed by atoms with E-state index < -0.39 is 11.7 Å². The standard InChI is InChI=1S/C23H28N6O2/c1-15-12-16(14-24)27-20(26-15)29-10-7-23(8-11-29)13-18-17(6-5-9-25-18)19(23)28-21(30)31-22(2,3)4/h5-6,9,12,19H,7-8,10-11,13H2,1-4H3,(H,28,30)/t19-/m1/s1. The second-order valence-electron chi connectivity index (χ2n) is 9.45. The minimum Gasteiger partial charge on any atom is -0.444 e. The molecular weight excluding hydrogens is 392 g/mol. The van der Waals surface area contributed by atoms with Crippen molar-refractivity contribution in [2.45, 2.75) is 58.6 Å². The van der Waals surface area contributed by atoms with Gasteiger partial charge in [0.1, 0.15) is 17.4 Å². The van der Waals surface area contributed by atoms with Gasteiger partial charge in [0.15, 0.2) is 0 Å². The summed E-state index contributed by atoms with van der Waals surface area (Å²) < 4.78 is 5.55. The number of pyridine rings is 1. The van der Waals surface area contributed by atoms with Crippen LogP contribution in [0.1, 0.15) is 62.3 Å². The van der Waals surface area contributed by atoms with Crippen LogP contribution in [0.25, 0.3) is 0 Å². The van der Waals surface area contributed by atoms with E-state index in [0.717, 1.165) is 49.3 Å². The Bertz CT molecular complexity index is 1030. The molecule has 3 heterocycles. The zero-order valence-electron chi connectivity index (χ0n) is 18.5. The number of rotatable bonds is 2. The van der Waals surface area contributed by atoms with Crippen LogP contribution < -0.4 is 10.2 Å². The van der Waals surface area contributed by atoms with Gasteiger partial charge in [0.2, 0.25) is 5.95 Å². The lowest BCUT2D eigenvalue weighted by molar-refractivity contribution is 0.0427. The number of aromatic nitrogens is 3. The monoisotopic (exact) mass is 420 g/mol. The number of carbonyl (C=O) groups is 1. The lowest BCUT2D eigenvalue weighted by atomic mass is 9.73. The van der Waals surface area contributed by atoms with Crippen molar-refractivity contribution >= 4 is 12.0 Å². The minimum absolute atomic E-state index is 0.133. The Labute approximate surface area is 182 Å². The summed E-state index contributed by atoms with van der Waals surface area (Å²) in [6, 6.07) is 7.61. The molecule has 1 N–H and O–H groups in total. The van der Waals surface area contributed by atoms with E-state index in [9.17, 15) is 10.1 Å². The van der Waals surface area contributed by atoms with E-state index in [4.69, 9.17) is 4.74 Å². The highest BCUT2D eigenvalue weighted by Crippen LogP contribution is 2.51. The minimum atomic E-state index is -0.558. The summed E-state index contributed by atoms with van der Waals surface area (Å²) in [5, 5.41) is 12.4. The lowest BCUT2D eigenvalue weighted by Gasteiger charge is -2.43. The molecular formula is C23H28N6O2. The van der Waals surface area contributed by atoms with Gasteiger partial charge < -0.3 is 15.0 Å². The number of ether oxygens (including phenoxy) is 1. The van der Waals surface area contributed by atoms with Gasteiger partial charge in [0.05, 0.1) is 6.04 Å². The predicted octanol–water partition coefficient (Wildman–Crippen LogP) is 3.46. The number of carbonyl (C=O) groups excluding carboxylic acids is 1. The molecule has 1 aliphatic heterocycles.